The van der Waals surface area contributed by atoms with Gasteiger partial charge in [-0.15, -0.1) is 0 Å². The molecule has 1 saturated heterocycles. The first kappa shape index (κ1) is 23.8. The molecule has 1 heterocycles. The Morgan fingerprint density at radius 1 is 1.19 bits per heavy atom. The zero-order chi connectivity index (χ0) is 23.0. The Labute approximate surface area is 186 Å². The number of esters is 1. The van der Waals surface area contributed by atoms with Crippen molar-refractivity contribution in [3.63, 3.8) is 0 Å². The van der Waals surface area contributed by atoms with Crippen LogP contribution >= 0.6 is 0 Å². The molecule has 5 heteroatoms. The Bertz CT molecular complexity index is 803. The summed E-state index contributed by atoms with van der Waals surface area (Å²) in [6.45, 7) is 12.5. The zero-order valence-electron chi connectivity index (χ0n) is 20.1. The first-order valence-electron chi connectivity index (χ1n) is 11.5. The first-order valence-corrected chi connectivity index (χ1v) is 11.5. The fraction of sp³-hybridized carbons (Fsp3) is 0.692. The number of carbonyl (C=O) groups excluding carboxylic acids is 2. The van der Waals surface area contributed by atoms with E-state index in [1.807, 2.05) is 26.8 Å². The van der Waals surface area contributed by atoms with Crippen LogP contribution in [0.15, 0.2) is 35.3 Å². The Balaban J connectivity index is 2.03. The molecule has 0 unspecified atom stereocenters. The van der Waals surface area contributed by atoms with E-state index in [0.29, 0.717) is 18.3 Å². The minimum atomic E-state index is -0.756. The fourth-order valence-electron chi connectivity index (χ4n) is 6.07. The number of methoxy groups -OCH3 is 1. The van der Waals surface area contributed by atoms with Crippen molar-refractivity contribution in [1.82, 2.24) is 0 Å². The molecule has 2 bridgehead atoms. The largest absolute Gasteiger partial charge is 0.466 e. The van der Waals surface area contributed by atoms with Gasteiger partial charge in [-0.3, -0.25) is 4.79 Å². The summed E-state index contributed by atoms with van der Waals surface area (Å²) in [7, 11) is 1.65. The van der Waals surface area contributed by atoms with Crippen molar-refractivity contribution in [2.24, 2.45) is 35.0 Å². The number of rotatable bonds is 6. The van der Waals surface area contributed by atoms with E-state index in [0.717, 1.165) is 42.5 Å². The first-order chi connectivity index (χ1) is 14.5. The van der Waals surface area contributed by atoms with Gasteiger partial charge in [0.1, 0.15) is 12.0 Å². The number of hydrogen-bond acceptors (Lipinski definition) is 5. The van der Waals surface area contributed by atoms with E-state index in [1.54, 1.807) is 7.11 Å². The molecule has 0 spiro atoms. The van der Waals surface area contributed by atoms with Crippen LogP contribution < -0.4 is 0 Å². The number of hydrogen-bond donors (Lipinski definition) is 0. The SMILES string of the molecule is CO[C@]1(C)C[C@H]2C(=C(C=O)[C@H]3C[C@](C)(CC[C@H]3C(C)C)[C@H]2/C=C/OC(=O)C=C(C)C)O1. The Kier molecular flexibility index (Phi) is 6.85. The number of aldehydes is 1. The van der Waals surface area contributed by atoms with E-state index in [9.17, 15) is 9.59 Å². The molecule has 3 rings (SSSR count). The lowest BCUT2D eigenvalue weighted by Gasteiger charge is -2.47. The minimum absolute atomic E-state index is 0.0154. The molecule has 172 valence electrons. The third-order valence-electron chi connectivity index (χ3n) is 7.72. The summed E-state index contributed by atoms with van der Waals surface area (Å²) in [5.41, 5.74) is 1.70. The predicted octanol–water partition coefficient (Wildman–Crippen LogP) is 5.57. The van der Waals surface area contributed by atoms with Gasteiger partial charge in [-0.1, -0.05) is 26.3 Å². The second-order valence-electron chi connectivity index (χ2n) is 10.6. The summed E-state index contributed by atoms with van der Waals surface area (Å²) >= 11 is 0. The molecule has 0 radical (unpaired) electrons. The molecular weight excluding hydrogens is 392 g/mol. The highest BCUT2D eigenvalue weighted by Gasteiger charge is 2.56. The Hall–Kier alpha value is -1.88. The number of ether oxygens (including phenoxy) is 3. The van der Waals surface area contributed by atoms with E-state index >= 15 is 0 Å². The molecule has 1 aliphatic heterocycles. The summed E-state index contributed by atoms with van der Waals surface area (Å²) in [6, 6.07) is 0. The highest BCUT2D eigenvalue weighted by Crippen LogP contribution is 2.60. The maximum atomic E-state index is 12.4. The third-order valence-corrected chi connectivity index (χ3v) is 7.72. The molecule has 2 fully saturated rings. The van der Waals surface area contributed by atoms with Gasteiger partial charge >= 0.3 is 5.97 Å². The van der Waals surface area contributed by atoms with Crippen LogP contribution in [0.25, 0.3) is 0 Å². The van der Waals surface area contributed by atoms with Gasteiger partial charge in [0.2, 0.25) is 5.79 Å². The van der Waals surface area contributed by atoms with Crippen molar-refractivity contribution in [3.05, 3.63) is 35.3 Å². The maximum absolute atomic E-state index is 12.4. The van der Waals surface area contributed by atoms with Gasteiger partial charge < -0.3 is 14.2 Å². The summed E-state index contributed by atoms with van der Waals surface area (Å²) < 4.78 is 17.4. The smallest absolute Gasteiger partial charge is 0.335 e. The lowest BCUT2D eigenvalue weighted by molar-refractivity contribution is -0.164. The summed E-state index contributed by atoms with van der Waals surface area (Å²) in [4.78, 5) is 24.4. The van der Waals surface area contributed by atoms with Crippen molar-refractivity contribution < 1.29 is 23.8 Å². The quantitative estimate of drug-likeness (QED) is 0.239. The normalized spacial score (nSPS) is 37.3. The summed E-state index contributed by atoms with van der Waals surface area (Å²) in [5.74, 6) is 0.898. The lowest BCUT2D eigenvalue weighted by Crippen LogP contribution is -2.40. The molecule has 5 nitrogen and oxygen atoms in total. The van der Waals surface area contributed by atoms with Crippen molar-refractivity contribution in [1.29, 1.82) is 0 Å². The van der Waals surface area contributed by atoms with Crippen LogP contribution in [0.1, 0.15) is 67.2 Å². The van der Waals surface area contributed by atoms with Crippen LogP contribution in [-0.2, 0) is 23.8 Å². The van der Waals surface area contributed by atoms with E-state index in [4.69, 9.17) is 14.2 Å². The topological polar surface area (TPSA) is 61.8 Å². The Morgan fingerprint density at radius 3 is 2.48 bits per heavy atom. The number of fused-ring (bicyclic) bond motifs is 3. The zero-order valence-corrected chi connectivity index (χ0v) is 20.1. The maximum Gasteiger partial charge on any atom is 0.335 e. The van der Waals surface area contributed by atoms with E-state index in [2.05, 4.69) is 20.8 Å². The van der Waals surface area contributed by atoms with Gasteiger partial charge in [-0.2, -0.15) is 0 Å². The summed E-state index contributed by atoms with van der Waals surface area (Å²) in [5, 5.41) is 0. The van der Waals surface area contributed by atoms with Crippen LogP contribution in [0, 0.1) is 35.0 Å². The average Bonchev–Trinajstić information content (AvgIpc) is 3.00. The van der Waals surface area contributed by atoms with Crippen molar-refractivity contribution >= 4 is 12.3 Å². The molecule has 31 heavy (non-hydrogen) atoms. The van der Waals surface area contributed by atoms with Gasteiger partial charge in [0.05, 0.1) is 6.26 Å². The van der Waals surface area contributed by atoms with Crippen LogP contribution in [0.4, 0.5) is 0 Å². The van der Waals surface area contributed by atoms with Gasteiger partial charge in [-0.05, 0) is 68.3 Å². The standard InChI is InChI=1S/C26H38O5/c1-16(2)12-23(28)30-11-9-22-20-14-26(6,29-7)31-24(20)21(15-27)19-13-25(22,5)10-8-18(19)17(3)4/h9,11-12,15,17-20,22H,8,10,13-14H2,1-7H3/b11-9+/t18-,19-,20+,22-,25-,26-/m0/s1. The molecule has 0 aromatic rings. The van der Waals surface area contributed by atoms with Gasteiger partial charge in [0.15, 0.2) is 0 Å². The second kappa shape index (κ2) is 8.93. The van der Waals surface area contributed by atoms with E-state index in [1.165, 1.54) is 12.3 Å². The van der Waals surface area contributed by atoms with E-state index in [-0.39, 0.29) is 29.1 Å². The highest BCUT2D eigenvalue weighted by molar-refractivity contribution is 5.83. The molecule has 0 amide bonds. The van der Waals surface area contributed by atoms with Crippen LogP contribution in [0.3, 0.4) is 0 Å². The van der Waals surface area contributed by atoms with Crippen molar-refractivity contribution in [2.75, 3.05) is 7.11 Å². The molecule has 3 aliphatic rings. The molecule has 0 aromatic carbocycles. The van der Waals surface area contributed by atoms with Crippen molar-refractivity contribution in [3.8, 4) is 0 Å². The third kappa shape index (κ3) is 4.67. The van der Waals surface area contributed by atoms with Gasteiger partial charge in [0, 0.05) is 38.0 Å². The highest BCUT2D eigenvalue weighted by atomic mass is 16.7. The predicted molar refractivity (Wildman–Crippen MR) is 120 cm³/mol. The van der Waals surface area contributed by atoms with Crippen LogP contribution in [-0.4, -0.2) is 25.2 Å². The fourth-order valence-corrected chi connectivity index (χ4v) is 6.07. The molecular formula is C26H38O5. The molecule has 1 saturated carbocycles. The molecule has 0 N–H and O–H groups in total. The van der Waals surface area contributed by atoms with Crippen LogP contribution in [0.2, 0.25) is 0 Å². The van der Waals surface area contributed by atoms with Gasteiger partial charge in [0.25, 0.3) is 0 Å². The lowest BCUT2D eigenvalue weighted by atomic mass is 9.57. The molecule has 2 aliphatic carbocycles. The van der Waals surface area contributed by atoms with Crippen LogP contribution in [0.5, 0.6) is 0 Å². The molecule has 0 aromatic heterocycles. The average molecular weight is 431 g/mol. The summed E-state index contributed by atoms with van der Waals surface area (Å²) in [6.07, 6.45) is 9.83. The van der Waals surface area contributed by atoms with Crippen molar-refractivity contribution in [2.45, 2.75) is 73.0 Å². The Morgan fingerprint density at radius 2 is 1.90 bits per heavy atom. The van der Waals surface area contributed by atoms with Gasteiger partial charge in [-0.25, -0.2) is 4.79 Å². The molecule has 6 atom stereocenters. The number of allylic oxidation sites excluding steroid dienone is 4. The second-order valence-corrected chi connectivity index (χ2v) is 10.6. The van der Waals surface area contributed by atoms with E-state index < -0.39 is 5.79 Å². The number of carbonyl (C=O) groups is 2. The monoisotopic (exact) mass is 430 g/mol. The minimum Gasteiger partial charge on any atom is -0.466 e.